The molecule has 0 radical (unpaired) electrons. The largest absolute Gasteiger partial charge is 0.356 e. The fraction of sp³-hybridized carbons (Fsp3) is 0.278. The summed E-state index contributed by atoms with van der Waals surface area (Å²) < 4.78 is 13.5. The van der Waals surface area contributed by atoms with Gasteiger partial charge in [-0.25, -0.2) is 4.39 Å². The predicted molar refractivity (Wildman–Crippen MR) is 105 cm³/mol. The molecule has 2 aromatic rings. The molecule has 0 spiro atoms. The number of nitrogens with one attached hydrogen (secondary N) is 2. The number of aryl methyl sites for hydroxylation is 1. The average Bonchev–Trinajstić information content (AvgIpc) is 2.54. The maximum atomic E-state index is 13.5. The molecule has 0 heterocycles. The molecule has 0 aliphatic carbocycles. The van der Waals surface area contributed by atoms with Crippen LogP contribution in [0.5, 0.6) is 0 Å². The molecule has 0 bridgehead atoms. The molecule has 0 fully saturated rings. The van der Waals surface area contributed by atoms with Crippen molar-refractivity contribution in [3.63, 3.8) is 0 Å². The average molecular weight is 427 g/mol. The van der Waals surface area contributed by atoms with Gasteiger partial charge in [-0.1, -0.05) is 42.5 Å². The van der Waals surface area contributed by atoms with Crippen LogP contribution in [0, 0.1) is 12.7 Å². The van der Waals surface area contributed by atoms with E-state index >= 15 is 0 Å². The van der Waals surface area contributed by atoms with E-state index in [-0.39, 0.29) is 29.8 Å². The monoisotopic (exact) mass is 427 g/mol. The van der Waals surface area contributed by atoms with Gasteiger partial charge >= 0.3 is 0 Å². The molecule has 5 heteroatoms. The van der Waals surface area contributed by atoms with E-state index in [1.54, 1.807) is 19.2 Å². The standard InChI is InChI=1S/C18H22FN3.HI/c1-14-7-3-4-9-16(14)13-22-18(20-2)21-12-11-15-8-5-6-10-17(15)19;/h3-10H,11-13H2,1-2H3,(H2,20,21,22);1H. The highest BCUT2D eigenvalue weighted by Gasteiger charge is 2.02. The van der Waals surface area contributed by atoms with Crippen LogP contribution in [0.4, 0.5) is 4.39 Å². The van der Waals surface area contributed by atoms with Crippen molar-refractivity contribution in [2.24, 2.45) is 4.99 Å². The molecule has 23 heavy (non-hydrogen) atoms. The first-order valence-electron chi connectivity index (χ1n) is 7.43. The maximum Gasteiger partial charge on any atom is 0.191 e. The summed E-state index contributed by atoms with van der Waals surface area (Å²) in [6.45, 7) is 3.44. The first-order chi connectivity index (χ1) is 10.7. The van der Waals surface area contributed by atoms with E-state index in [4.69, 9.17) is 0 Å². The zero-order chi connectivity index (χ0) is 15.8. The van der Waals surface area contributed by atoms with Crippen LogP contribution in [-0.2, 0) is 13.0 Å². The van der Waals surface area contributed by atoms with E-state index in [0.29, 0.717) is 25.1 Å². The number of benzene rings is 2. The predicted octanol–water partition coefficient (Wildman–Crippen LogP) is 3.66. The molecule has 0 aliphatic heterocycles. The van der Waals surface area contributed by atoms with E-state index < -0.39 is 0 Å². The second-order valence-electron chi connectivity index (χ2n) is 5.12. The Kier molecular flexibility index (Phi) is 8.61. The van der Waals surface area contributed by atoms with Crippen LogP contribution < -0.4 is 10.6 Å². The molecule has 0 amide bonds. The van der Waals surface area contributed by atoms with Gasteiger partial charge in [0, 0.05) is 20.1 Å². The number of rotatable bonds is 5. The van der Waals surface area contributed by atoms with Gasteiger partial charge in [-0.2, -0.15) is 0 Å². The van der Waals surface area contributed by atoms with Gasteiger partial charge in [-0.15, -0.1) is 24.0 Å². The SMILES string of the molecule is CN=C(NCCc1ccccc1F)NCc1ccccc1C.I. The highest BCUT2D eigenvalue weighted by molar-refractivity contribution is 14.0. The molecule has 0 unspecified atom stereocenters. The minimum absolute atomic E-state index is 0. The smallest absolute Gasteiger partial charge is 0.191 e. The van der Waals surface area contributed by atoms with Crippen molar-refractivity contribution in [1.82, 2.24) is 10.6 Å². The highest BCUT2D eigenvalue weighted by Crippen LogP contribution is 2.07. The third-order valence-corrected chi connectivity index (χ3v) is 3.58. The van der Waals surface area contributed by atoms with Crippen LogP contribution >= 0.6 is 24.0 Å². The molecular formula is C18H23FIN3. The lowest BCUT2D eigenvalue weighted by atomic mass is 10.1. The Hall–Kier alpha value is -1.63. The summed E-state index contributed by atoms with van der Waals surface area (Å²) >= 11 is 0. The van der Waals surface area contributed by atoms with Gasteiger partial charge in [0.1, 0.15) is 5.82 Å². The third kappa shape index (κ3) is 6.17. The van der Waals surface area contributed by atoms with Crippen molar-refractivity contribution in [3.05, 3.63) is 71.0 Å². The van der Waals surface area contributed by atoms with Gasteiger partial charge in [0.05, 0.1) is 0 Å². The normalized spacial score (nSPS) is 10.8. The van der Waals surface area contributed by atoms with E-state index in [1.807, 2.05) is 18.2 Å². The van der Waals surface area contributed by atoms with E-state index in [1.165, 1.54) is 17.2 Å². The molecular weight excluding hydrogens is 404 g/mol. The van der Waals surface area contributed by atoms with Gasteiger partial charge in [0.2, 0.25) is 0 Å². The first-order valence-corrected chi connectivity index (χ1v) is 7.43. The van der Waals surface area contributed by atoms with Crippen molar-refractivity contribution in [2.75, 3.05) is 13.6 Å². The Balaban J connectivity index is 0.00000264. The molecule has 3 nitrogen and oxygen atoms in total. The molecule has 2 aromatic carbocycles. The minimum atomic E-state index is -0.160. The van der Waals surface area contributed by atoms with Gasteiger partial charge < -0.3 is 10.6 Å². The summed E-state index contributed by atoms with van der Waals surface area (Å²) in [5.74, 6) is 0.562. The van der Waals surface area contributed by atoms with Crippen molar-refractivity contribution in [2.45, 2.75) is 19.9 Å². The van der Waals surface area contributed by atoms with Crippen molar-refractivity contribution >= 4 is 29.9 Å². The van der Waals surface area contributed by atoms with Gasteiger partial charge in [-0.3, -0.25) is 4.99 Å². The Morgan fingerprint density at radius 2 is 1.65 bits per heavy atom. The van der Waals surface area contributed by atoms with Crippen LogP contribution in [0.3, 0.4) is 0 Å². The van der Waals surface area contributed by atoms with Crippen LogP contribution in [0.15, 0.2) is 53.5 Å². The number of guanidine groups is 1. The van der Waals surface area contributed by atoms with Crippen LogP contribution in [0.1, 0.15) is 16.7 Å². The summed E-state index contributed by atoms with van der Waals surface area (Å²) in [6, 6.07) is 15.1. The van der Waals surface area contributed by atoms with Crippen LogP contribution in [-0.4, -0.2) is 19.6 Å². The van der Waals surface area contributed by atoms with Crippen LogP contribution in [0.2, 0.25) is 0 Å². The lowest BCUT2D eigenvalue weighted by Gasteiger charge is -2.13. The zero-order valence-corrected chi connectivity index (χ0v) is 15.8. The second-order valence-corrected chi connectivity index (χ2v) is 5.12. The van der Waals surface area contributed by atoms with Crippen molar-refractivity contribution in [3.8, 4) is 0 Å². The molecule has 0 atom stereocenters. The van der Waals surface area contributed by atoms with Crippen molar-refractivity contribution in [1.29, 1.82) is 0 Å². The highest BCUT2D eigenvalue weighted by atomic mass is 127. The van der Waals surface area contributed by atoms with Crippen LogP contribution in [0.25, 0.3) is 0 Å². The summed E-state index contributed by atoms with van der Waals surface area (Å²) in [5, 5.41) is 6.48. The molecule has 2 N–H and O–H groups in total. The molecule has 0 aromatic heterocycles. The maximum absolute atomic E-state index is 13.5. The fourth-order valence-corrected chi connectivity index (χ4v) is 2.22. The summed E-state index contributed by atoms with van der Waals surface area (Å²) in [5.41, 5.74) is 3.20. The number of hydrogen-bond donors (Lipinski definition) is 2. The molecule has 0 aliphatic rings. The van der Waals surface area contributed by atoms with E-state index in [0.717, 1.165) is 5.96 Å². The Morgan fingerprint density at radius 3 is 2.30 bits per heavy atom. The second kappa shape index (κ2) is 10.2. The van der Waals surface area contributed by atoms with Gasteiger partial charge in [0.15, 0.2) is 5.96 Å². The fourth-order valence-electron chi connectivity index (χ4n) is 2.22. The Labute approximate surface area is 154 Å². The van der Waals surface area contributed by atoms with Gasteiger partial charge in [0.25, 0.3) is 0 Å². The number of halogens is 2. The summed E-state index contributed by atoms with van der Waals surface area (Å²) in [6.07, 6.45) is 0.623. The number of hydrogen-bond acceptors (Lipinski definition) is 1. The summed E-state index contributed by atoms with van der Waals surface area (Å²) in [7, 11) is 1.73. The molecule has 2 rings (SSSR count). The Morgan fingerprint density at radius 1 is 1.00 bits per heavy atom. The van der Waals surface area contributed by atoms with Crippen molar-refractivity contribution < 1.29 is 4.39 Å². The lowest BCUT2D eigenvalue weighted by Crippen LogP contribution is -2.38. The summed E-state index contributed by atoms with van der Waals surface area (Å²) in [4.78, 5) is 4.19. The topological polar surface area (TPSA) is 36.4 Å². The first kappa shape index (κ1) is 19.4. The molecule has 124 valence electrons. The molecule has 0 saturated carbocycles. The minimum Gasteiger partial charge on any atom is -0.356 e. The number of aliphatic imine (C=N–C) groups is 1. The van der Waals surface area contributed by atoms with Gasteiger partial charge in [-0.05, 0) is 36.1 Å². The Bertz CT molecular complexity index is 644. The lowest BCUT2D eigenvalue weighted by molar-refractivity contribution is 0.606. The zero-order valence-electron chi connectivity index (χ0n) is 13.5. The molecule has 0 saturated heterocycles. The third-order valence-electron chi connectivity index (χ3n) is 3.58. The van der Waals surface area contributed by atoms with E-state index in [9.17, 15) is 4.39 Å². The number of nitrogens with zero attached hydrogens (tertiary/aromatic N) is 1. The quantitative estimate of drug-likeness (QED) is 0.434. The van der Waals surface area contributed by atoms with E-state index in [2.05, 4.69) is 34.7 Å².